The predicted molar refractivity (Wildman–Crippen MR) is 84.5 cm³/mol. The van der Waals surface area contributed by atoms with Crippen LogP contribution in [0.1, 0.15) is 12.8 Å². The van der Waals surface area contributed by atoms with Gasteiger partial charge in [-0.25, -0.2) is 4.98 Å². The summed E-state index contributed by atoms with van der Waals surface area (Å²) in [5.41, 5.74) is 0.973. The van der Waals surface area contributed by atoms with Crippen LogP contribution in [0.2, 0.25) is 0 Å². The van der Waals surface area contributed by atoms with Crippen molar-refractivity contribution in [1.82, 2.24) is 15.6 Å². The summed E-state index contributed by atoms with van der Waals surface area (Å²) in [5.74, 6) is 0.398. The molecule has 0 radical (unpaired) electrons. The average molecular weight is 321 g/mol. The number of piperidine rings is 1. The van der Waals surface area contributed by atoms with E-state index in [2.05, 4.69) is 15.6 Å². The third-order valence-electron chi connectivity index (χ3n) is 3.23. The average Bonchev–Trinajstić information content (AvgIpc) is 2.90. The van der Waals surface area contributed by atoms with Gasteiger partial charge in [0.25, 0.3) is 0 Å². The molecule has 0 bridgehead atoms. The van der Waals surface area contributed by atoms with Gasteiger partial charge >= 0.3 is 0 Å². The molecule has 7 heteroatoms. The second-order valence-electron chi connectivity index (χ2n) is 4.84. The second-order valence-corrected chi connectivity index (χ2v) is 7.10. The van der Waals surface area contributed by atoms with E-state index in [0.717, 1.165) is 14.6 Å². The molecule has 1 aromatic heterocycles. The molecule has 5 nitrogen and oxygen atoms in total. The number of carbonyl (C=O) groups is 2. The van der Waals surface area contributed by atoms with Crippen LogP contribution < -0.4 is 10.6 Å². The van der Waals surface area contributed by atoms with Crippen LogP contribution in [0.15, 0.2) is 28.6 Å². The summed E-state index contributed by atoms with van der Waals surface area (Å²) < 4.78 is 2.04. The van der Waals surface area contributed by atoms with Gasteiger partial charge in [0, 0.05) is 19.0 Å². The van der Waals surface area contributed by atoms with Crippen molar-refractivity contribution in [1.29, 1.82) is 0 Å². The van der Waals surface area contributed by atoms with Crippen molar-refractivity contribution in [3.63, 3.8) is 0 Å². The Bertz CT molecular complexity index is 628. The fraction of sp³-hybridized carbons (Fsp3) is 0.357. The lowest BCUT2D eigenvalue weighted by Crippen LogP contribution is -2.48. The molecule has 2 aromatic rings. The van der Waals surface area contributed by atoms with Crippen LogP contribution in [0, 0.1) is 0 Å². The van der Waals surface area contributed by atoms with E-state index in [4.69, 9.17) is 0 Å². The monoisotopic (exact) mass is 321 g/mol. The van der Waals surface area contributed by atoms with Gasteiger partial charge in [-0.2, -0.15) is 0 Å². The van der Waals surface area contributed by atoms with E-state index < -0.39 is 0 Å². The quantitative estimate of drug-likeness (QED) is 0.842. The van der Waals surface area contributed by atoms with Crippen LogP contribution in [-0.2, 0) is 9.59 Å². The van der Waals surface area contributed by atoms with E-state index in [1.165, 1.54) is 11.8 Å². The summed E-state index contributed by atoms with van der Waals surface area (Å²) >= 11 is 3.05. The summed E-state index contributed by atoms with van der Waals surface area (Å²) in [4.78, 5) is 27.5. The van der Waals surface area contributed by atoms with Crippen molar-refractivity contribution in [2.75, 3.05) is 12.3 Å². The zero-order chi connectivity index (χ0) is 14.7. The smallest absolute Gasteiger partial charge is 0.230 e. The van der Waals surface area contributed by atoms with Crippen molar-refractivity contribution in [2.45, 2.75) is 23.2 Å². The van der Waals surface area contributed by atoms with E-state index in [1.54, 1.807) is 11.3 Å². The molecule has 21 heavy (non-hydrogen) atoms. The summed E-state index contributed by atoms with van der Waals surface area (Å²) in [7, 11) is 0. The molecule has 1 aliphatic rings. The highest BCUT2D eigenvalue weighted by atomic mass is 32.2. The highest BCUT2D eigenvalue weighted by Crippen LogP contribution is 2.29. The van der Waals surface area contributed by atoms with Gasteiger partial charge in [-0.15, -0.1) is 11.3 Å². The molecule has 1 fully saturated rings. The van der Waals surface area contributed by atoms with Crippen molar-refractivity contribution < 1.29 is 9.59 Å². The van der Waals surface area contributed by atoms with Gasteiger partial charge in [-0.1, -0.05) is 23.9 Å². The van der Waals surface area contributed by atoms with Gasteiger partial charge in [-0.05, 0) is 18.6 Å². The van der Waals surface area contributed by atoms with Gasteiger partial charge in [0.15, 0.2) is 4.34 Å². The maximum absolute atomic E-state index is 11.9. The fourth-order valence-corrected chi connectivity index (χ4v) is 4.05. The van der Waals surface area contributed by atoms with Crippen LogP contribution in [0.25, 0.3) is 10.2 Å². The lowest BCUT2D eigenvalue weighted by molar-refractivity contribution is -0.124. The number of hydrogen-bond acceptors (Lipinski definition) is 5. The Kier molecular flexibility index (Phi) is 4.40. The number of benzene rings is 1. The summed E-state index contributed by atoms with van der Waals surface area (Å²) in [5, 5.41) is 5.70. The predicted octanol–water partition coefficient (Wildman–Crippen LogP) is 1.78. The Hall–Kier alpha value is -1.60. The standard InChI is InChI=1S/C14H15N3O2S2/c18-12-6-5-9(7-15-12)16-13(19)8-20-14-17-10-3-1-2-4-11(10)21-14/h1-4,9H,5-8H2,(H,15,18)(H,16,19). The van der Waals surface area contributed by atoms with Crippen molar-refractivity contribution >= 4 is 45.1 Å². The van der Waals surface area contributed by atoms with E-state index in [-0.39, 0.29) is 17.9 Å². The second kappa shape index (κ2) is 6.44. The first-order valence-corrected chi connectivity index (χ1v) is 8.55. The molecule has 1 atom stereocenters. The Balaban J connectivity index is 1.50. The van der Waals surface area contributed by atoms with Crippen LogP contribution in [0.5, 0.6) is 0 Å². The first-order chi connectivity index (χ1) is 10.2. The Morgan fingerprint density at radius 2 is 2.33 bits per heavy atom. The molecule has 0 aliphatic carbocycles. The number of thioether (sulfide) groups is 1. The number of carbonyl (C=O) groups excluding carboxylic acids is 2. The molecule has 110 valence electrons. The zero-order valence-corrected chi connectivity index (χ0v) is 12.9. The minimum absolute atomic E-state index is 0.0135. The molecule has 1 aromatic carbocycles. The highest BCUT2D eigenvalue weighted by molar-refractivity contribution is 8.01. The summed E-state index contributed by atoms with van der Waals surface area (Å²) in [6, 6.07) is 7.99. The number of hydrogen-bond donors (Lipinski definition) is 2. The van der Waals surface area contributed by atoms with Crippen LogP contribution >= 0.6 is 23.1 Å². The first kappa shape index (κ1) is 14.3. The number of fused-ring (bicyclic) bond motifs is 1. The Labute approximate surface area is 130 Å². The first-order valence-electron chi connectivity index (χ1n) is 6.75. The molecular weight excluding hydrogens is 306 g/mol. The molecule has 0 spiro atoms. The zero-order valence-electron chi connectivity index (χ0n) is 11.3. The minimum Gasteiger partial charge on any atom is -0.354 e. The summed E-state index contributed by atoms with van der Waals surface area (Å²) in [6.45, 7) is 0.524. The lowest BCUT2D eigenvalue weighted by atomic mass is 10.1. The maximum atomic E-state index is 11.9. The maximum Gasteiger partial charge on any atom is 0.230 e. The van der Waals surface area contributed by atoms with Crippen molar-refractivity contribution in [2.24, 2.45) is 0 Å². The van der Waals surface area contributed by atoms with E-state index in [1.807, 2.05) is 24.3 Å². The van der Waals surface area contributed by atoms with Gasteiger partial charge in [0.2, 0.25) is 11.8 Å². The number of nitrogens with one attached hydrogen (secondary N) is 2. The van der Waals surface area contributed by atoms with Crippen LogP contribution in [0.3, 0.4) is 0 Å². The number of rotatable bonds is 4. The molecule has 2 amide bonds. The molecule has 2 N–H and O–H groups in total. The number of thiazole rings is 1. The van der Waals surface area contributed by atoms with E-state index >= 15 is 0 Å². The fourth-order valence-electron chi connectivity index (χ4n) is 2.17. The van der Waals surface area contributed by atoms with Crippen LogP contribution in [0.4, 0.5) is 0 Å². The van der Waals surface area contributed by atoms with E-state index in [0.29, 0.717) is 25.1 Å². The van der Waals surface area contributed by atoms with Crippen molar-refractivity contribution in [3.8, 4) is 0 Å². The normalized spacial score (nSPS) is 18.5. The van der Waals surface area contributed by atoms with Gasteiger partial charge in [0.05, 0.1) is 16.0 Å². The van der Waals surface area contributed by atoms with Crippen molar-refractivity contribution in [3.05, 3.63) is 24.3 Å². The highest BCUT2D eigenvalue weighted by Gasteiger charge is 2.19. The van der Waals surface area contributed by atoms with Crippen LogP contribution in [-0.4, -0.2) is 35.1 Å². The third kappa shape index (κ3) is 3.74. The lowest BCUT2D eigenvalue weighted by Gasteiger charge is -2.23. The molecular formula is C14H15N3O2S2. The Morgan fingerprint density at radius 3 is 3.10 bits per heavy atom. The molecule has 1 aliphatic heterocycles. The number of para-hydroxylation sites is 1. The molecule has 2 heterocycles. The number of amides is 2. The topological polar surface area (TPSA) is 71.1 Å². The Morgan fingerprint density at radius 1 is 1.48 bits per heavy atom. The molecule has 1 unspecified atom stereocenters. The van der Waals surface area contributed by atoms with Gasteiger partial charge in [0.1, 0.15) is 0 Å². The number of nitrogens with zero attached hydrogens (tertiary/aromatic N) is 1. The molecule has 3 rings (SSSR count). The summed E-state index contributed by atoms with van der Waals surface area (Å²) in [6.07, 6.45) is 1.19. The largest absolute Gasteiger partial charge is 0.354 e. The molecule has 0 saturated carbocycles. The number of aromatic nitrogens is 1. The van der Waals surface area contributed by atoms with E-state index in [9.17, 15) is 9.59 Å². The molecule has 1 saturated heterocycles. The van der Waals surface area contributed by atoms with Gasteiger partial charge < -0.3 is 10.6 Å². The SMILES string of the molecule is O=C1CCC(NC(=O)CSc2nc3ccccc3s2)CN1. The minimum atomic E-state index is -0.0135. The van der Waals surface area contributed by atoms with Gasteiger partial charge in [-0.3, -0.25) is 9.59 Å². The third-order valence-corrected chi connectivity index (χ3v) is 5.41.